The average Bonchev–Trinajstić information content (AvgIpc) is 2.47. The van der Waals surface area contributed by atoms with Gasteiger partial charge in [0.25, 0.3) is 5.56 Å². The second kappa shape index (κ2) is 7.49. The first-order valence-corrected chi connectivity index (χ1v) is 8.09. The molecule has 1 saturated carbocycles. The van der Waals surface area contributed by atoms with Crippen LogP contribution in [0.2, 0.25) is 0 Å². The SMILES string of the molecule is COc1cc(=O)[nH]c(SC(C)C(=O)NC2CCCCC2)n1. The number of carbonyl (C=O) groups excluding carboxylic acids is 1. The highest BCUT2D eigenvalue weighted by molar-refractivity contribution is 8.00. The largest absolute Gasteiger partial charge is 0.481 e. The zero-order chi connectivity index (χ0) is 15.2. The maximum absolute atomic E-state index is 12.2. The number of aromatic nitrogens is 2. The topological polar surface area (TPSA) is 84.1 Å². The molecule has 1 aromatic heterocycles. The van der Waals surface area contributed by atoms with Crippen molar-refractivity contribution in [2.45, 2.75) is 55.5 Å². The summed E-state index contributed by atoms with van der Waals surface area (Å²) in [6.45, 7) is 1.81. The maximum Gasteiger partial charge on any atom is 0.255 e. The standard InChI is InChI=1S/C14H21N3O3S/c1-9(13(19)15-10-6-4-3-5-7-10)21-14-16-11(18)8-12(17-14)20-2/h8-10H,3-7H2,1-2H3,(H,15,19)(H,16,17,18). The molecule has 0 bridgehead atoms. The van der Waals surface area contributed by atoms with Crippen LogP contribution in [0.5, 0.6) is 5.88 Å². The fourth-order valence-corrected chi connectivity index (χ4v) is 3.17. The van der Waals surface area contributed by atoms with Gasteiger partial charge in [-0.1, -0.05) is 31.0 Å². The molecule has 2 rings (SSSR count). The van der Waals surface area contributed by atoms with E-state index in [0.29, 0.717) is 5.16 Å². The molecule has 2 N–H and O–H groups in total. The number of aromatic amines is 1. The molecule has 1 fully saturated rings. The maximum atomic E-state index is 12.2. The van der Waals surface area contributed by atoms with Gasteiger partial charge >= 0.3 is 0 Å². The molecule has 0 radical (unpaired) electrons. The number of nitrogens with zero attached hydrogens (tertiary/aromatic N) is 1. The fourth-order valence-electron chi connectivity index (χ4n) is 2.36. The smallest absolute Gasteiger partial charge is 0.255 e. The summed E-state index contributed by atoms with van der Waals surface area (Å²) < 4.78 is 4.95. The van der Waals surface area contributed by atoms with Crippen molar-refractivity contribution in [2.24, 2.45) is 0 Å². The average molecular weight is 311 g/mol. The predicted octanol–water partition coefficient (Wildman–Crippen LogP) is 1.71. The normalized spacial score (nSPS) is 17.2. The lowest BCUT2D eigenvalue weighted by atomic mass is 9.95. The first-order valence-electron chi connectivity index (χ1n) is 7.21. The molecule has 6 nitrogen and oxygen atoms in total. The fraction of sp³-hybridized carbons (Fsp3) is 0.643. The van der Waals surface area contributed by atoms with Gasteiger partial charge in [0.05, 0.1) is 18.4 Å². The minimum Gasteiger partial charge on any atom is -0.481 e. The minimum atomic E-state index is -0.317. The van der Waals surface area contributed by atoms with E-state index in [4.69, 9.17) is 4.74 Å². The zero-order valence-corrected chi connectivity index (χ0v) is 13.2. The van der Waals surface area contributed by atoms with Crippen LogP contribution in [0.1, 0.15) is 39.0 Å². The van der Waals surface area contributed by atoms with Crippen LogP contribution in [0, 0.1) is 0 Å². The van der Waals surface area contributed by atoms with E-state index in [2.05, 4.69) is 15.3 Å². The Bertz CT molecular complexity index is 541. The summed E-state index contributed by atoms with van der Waals surface area (Å²) in [6.07, 6.45) is 5.72. The van der Waals surface area contributed by atoms with Crippen molar-refractivity contribution in [3.8, 4) is 5.88 Å². The molecule has 0 aliphatic heterocycles. The summed E-state index contributed by atoms with van der Waals surface area (Å²) in [4.78, 5) is 30.4. The van der Waals surface area contributed by atoms with E-state index in [9.17, 15) is 9.59 Å². The van der Waals surface area contributed by atoms with Crippen molar-refractivity contribution in [3.63, 3.8) is 0 Å². The number of hydrogen-bond acceptors (Lipinski definition) is 5. The zero-order valence-electron chi connectivity index (χ0n) is 12.3. The van der Waals surface area contributed by atoms with Crippen LogP contribution >= 0.6 is 11.8 Å². The Labute approximate surface area is 128 Å². The quantitative estimate of drug-likeness (QED) is 0.639. The van der Waals surface area contributed by atoms with Gasteiger partial charge in [-0.25, -0.2) is 0 Å². The van der Waals surface area contributed by atoms with Crippen molar-refractivity contribution >= 4 is 17.7 Å². The van der Waals surface area contributed by atoms with Crippen LogP contribution in [-0.2, 0) is 4.79 Å². The molecule has 0 spiro atoms. The Kier molecular flexibility index (Phi) is 5.67. The third-order valence-corrected chi connectivity index (χ3v) is 4.50. The van der Waals surface area contributed by atoms with Gasteiger partial charge in [0.1, 0.15) is 0 Å². The summed E-state index contributed by atoms with van der Waals surface area (Å²) in [7, 11) is 1.45. The highest BCUT2D eigenvalue weighted by Crippen LogP contribution is 2.22. The Balaban J connectivity index is 1.93. The number of ether oxygens (including phenoxy) is 1. The highest BCUT2D eigenvalue weighted by Gasteiger charge is 2.21. The van der Waals surface area contributed by atoms with Gasteiger partial charge in [-0.3, -0.25) is 9.59 Å². The van der Waals surface area contributed by atoms with Crippen LogP contribution in [-0.4, -0.2) is 34.3 Å². The molecule has 1 aliphatic rings. The van der Waals surface area contributed by atoms with Crippen LogP contribution in [0.4, 0.5) is 0 Å². The third kappa shape index (κ3) is 4.77. The van der Waals surface area contributed by atoms with Crippen molar-refractivity contribution < 1.29 is 9.53 Å². The first kappa shape index (κ1) is 15.9. The second-order valence-corrected chi connectivity index (χ2v) is 6.53. The lowest BCUT2D eigenvalue weighted by Crippen LogP contribution is -2.40. The molecule has 1 amide bonds. The van der Waals surface area contributed by atoms with Crippen LogP contribution < -0.4 is 15.6 Å². The van der Waals surface area contributed by atoms with Gasteiger partial charge in [0.15, 0.2) is 5.16 Å². The van der Waals surface area contributed by atoms with E-state index in [1.54, 1.807) is 0 Å². The first-order chi connectivity index (χ1) is 10.1. The van der Waals surface area contributed by atoms with Crippen LogP contribution in [0.25, 0.3) is 0 Å². The number of nitrogens with one attached hydrogen (secondary N) is 2. The molecule has 1 atom stereocenters. The lowest BCUT2D eigenvalue weighted by molar-refractivity contribution is -0.121. The van der Waals surface area contributed by atoms with Gasteiger partial charge in [-0.05, 0) is 19.8 Å². The molecule has 1 aromatic rings. The number of amides is 1. The Hall–Kier alpha value is -1.50. The second-order valence-electron chi connectivity index (χ2n) is 5.20. The number of thioether (sulfide) groups is 1. The molecular formula is C14H21N3O3S. The Morgan fingerprint density at radius 2 is 2.19 bits per heavy atom. The van der Waals surface area contributed by atoms with Crippen LogP contribution in [0.3, 0.4) is 0 Å². The molecule has 1 unspecified atom stereocenters. The van der Waals surface area contributed by atoms with Gasteiger partial charge in [-0.15, -0.1) is 0 Å². The molecule has 116 valence electrons. The van der Waals surface area contributed by atoms with E-state index < -0.39 is 0 Å². The highest BCUT2D eigenvalue weighted by atomic mass is 32.2. The molecule has 0 saturated heterocycles. The van der Waals surface area contributed by atoms with Gasteiger partial charge in [0.2, 0.25) is 11.8 Å². The molecule has 1 heterocycles. The predicted molar refractivity (Wildman–Crippen MR) is 81.7 cm³/mol. The summed E-state index contributed by atoms with van der Waals surface area (Å²) in [5.41, 5.74) is -0.288. The Morgan fingerprint density at radius 3 is 2.86 bits per heavy atom. The van der Waals surface area contributed by atoms with E-state index in [1.807, 2.05) is 6.92 Å². The van der Waals surface area contributed by atoms with Crippen molar-refractivity contribution in [1.29, 1.82) is 0 Å². The van der Waals surface area contributed by atoms with E-state index in [0.717, 1.165) is 12.8 Å². The number of methoxy groups -OCH3 is 1. The molecule has 7 heteroatoms. The van der Waals surface area contributed by atoms with Gasteiger partial charge < -0.3 is 15.0 Å². The van der Waals surface area contributed by atoms with E-state index >= 15 is 0 Å². The number of rotatable bonds is 5. The minimum absolute atomic E-state index is 0.0163. The lowest BCUT2D eigenvalue weighted by Gasteiger charge is -2.24. The molecule has 21 heavy (non-hydrogen) atoms. The number of hydrogen-bond donors (Lipinski definition) is 2. The summed E-state index contributed by atoms with van der Waals surface area (Å²) in [6, 6.07) is 1.56. The molecule has 0 aromatic carbocycles. The van der Waals surface area contributed by atoms with Crippen molar-refractivity contribution in [2.75, 3.05) is 7.11 Å². The van der Waals surface area contributed by atoms with E-state index in [1.165, 1.54) is 44.2 Å². The molecular weight excluding hydrogens is 290 g/mol. The number of carbonyl (C=O) groups is 1. The van der Waals surface area contributed by atoms with Crippen LogP contribution in [0.15, 0.2) is 16.0 Å². The Morgan fingerprint density at radius 1 is 1.48 bits per heavy atom. The molecule has 1 aliphatic carbocycles. The summed E-state index contributed by atoms with van der Waals surface area (Å²) in [5.74, 6) is 0.235. The van der Waals surface area contributed by atoms with Gasteiger partial charge in [-0.2, -0.15) is 4.98 Å². The van der Waals surface area contributed by atoms with E-state index in [-0.39, 0.29) is 28.6 Å². The van der Waals surface area contributed by atoms with Crippen molar-refractivity contribution in [3.05, 3.63) is 16.4 Å². The monoisotopic (exact) mass is 311 g/mol. The summed E-state index contributed by atoms with van der Waals surface area (Å²) in [5, 5.41) is 3.15. The summed E-state index contributed by atoms with van der Waals surface area (Å²) >= 11 is 1.23. The van der Waals surface area contributed by atoms with Gasteiger partial charge in [0, 0.05) is 6.04 Å². The third-order valence-electron chi connectivity index (χ3n) is 3.51. The van der Waals surface area contributed by atoms with Crippen molar-refractivity contribution in [1.82, 2.24) is 15.3 Å². The number of H-pyrrole nitrogens is 1.